The summed E-state index contributed by atoms with van der Waals surface area (Å²) in [7, 11) is 4.01. The number of nitrogens with one attached hydrogen (secondary N) is 1. The van der Waals surface area contributed by atoms with Crippen LogP contribution in [0.2, 0.25) is 0 Å². The Hall–Kier alpha value is -1.26. The number of rotatable bonds is 7. The second kappa shape index (κ2) is 7.95. The Morgan fingerprint density at radius 2 is 2.00 bits per heavy atom. The Kier molecular flexibility index (Phi) is 6.54. The van der Waals surface area contributed by atoms with Gasteiger partial charge in [-0.15, -0.1) is 11.6 Å². The van der Waals surface area contributed by atoms with Gasteiger partial charge in [0.05, 0.1) is 0 Å². The van der Waals surface area contributed by atoms with E-state index in [1.807, 2.05) is 38.4 Å². The number of likely N-dealkylation sites (N-methyl/N-ethyl adjacent to an activating group) is 1. The van der Waals surface area contributed by atoms with Gasteiger partial charge < -0.3 is 15.0 Å². The van der Waals surface area contributed by atoms with Gasteiger partial charge in [-0.2, -0.15) is 0 Å². The molecule has 0 heterocycles. The molecule has 0 unspecified atom stereocenters. The zero-order valence-electron chi connectivity index (χ0n) is 10.8. The van der Waals surface area contributed by atoms with Crippen LogP contribution in [0.3, 0.4) is 0 Å². The van der Waals surface area contributed by atoms with Gasteiger partial charge in [0.1, 0.15) is 18.2 Å². The number of carbonyl (C=O) groups excluding carboxylic acids is 1. The highest BCUT2D eigenvalue weighted by Crippen LogP contribution is 2.11. The summed E-state index contributed by atoms with van der Waals surface area (Å²) in [6.45, 7) is 2.03. The first-order chi connectivity index (χ1) is 8.61. The van der Waals surface area contributed by atoms with Gasteiger partial charge in [0.25, 0.3) is 0 Å². The Morgan fingerprint density at radius 1 is 1.33 bits per heavy atom. The fourth-order valence-electron chi connectivity index (χ4n) is 1.30. The molecule has 0 saturated carbocycles. The minimum atomic E-state index is -0.164. The highest BCUT2D eigenvalue weighted by molar-refractivity contribution is 6.27. The summed E-state index contributed by atoms with van der Waals surface area (Å²) in [5, 5.41) is 2.71. The van der Waals surface area contributed by atoms with Crippen LogP contribution in [-0.2, 0) is 11.3 Å². The fourth-order valence-corrected chi connectivity index (χ4v) is 1.39. The molecule has 0 atom stereocenters. The Labute approximate surface area is 113 Å². The molecule has 4 nitrogen and oxygen atoms in total. The molecule has 1 rings (SSSR count). The van der Waals surface area contributed by atoms with Crippen molar-refractivity contribution in [1.82, 2.24) is 10.2 Å². The van der Waals surface area contributed by atoms with Gasteiger partial charge in [-0.3, -0.25) is 4.79 Å². The van der Waals surface area contributed by atoms with Crippen LogP contribution in [0, 0.1) is 0 Å². The van der Waals surface area contributed by atoms with Crippen molar-refractivity contribution >= 4 is 17.5 Å². The monoisotopic (exact) mass is 270 g/mol. The Bertz CT molecular complexity index is 366. The lowest BCUT2D eigenvalue weighted by Crippen LogP contribution is -2.23. The van der Waals surface area contributed by atoms with Gasteiger partial charge in [-0.1, -0.05) is 12.1 Å². The lowest BCUT2D eigenvalue weighted by molar-refractivity contribution is -0.118. The van der Waals surface area contributed by atoms with Crippen molar-refractivity contribution < 1.29 is 9.53 Å². The molecule has 1 amide bonds. The van der Waals surface area contributed by atoms with E-state index in [0.717, 1.165) is 17.9 Å². The lowest BCUT2D eigenvalue weighted by atomic mass is 10.2. The molecule has 100 valence electrons. The minimum absolute atomic E-state index is 0.00820. The molecule has 0 aliphatic heterocycles. The van der Waals surface area contributed by atoms with Crippen molar-refractivity contribution in [2.24, 2.45) is 0 Å². The SMILES string of the molecule is CN(C)CCOc1ccc(CNC(=O)CCl)cc1. The predicted octanol–water partition coefficient (Wildman–Crippen LogP) is 1.48. The van der Waals surface area contributed by atoms with E-state index in [1.54, 1.807) is 0 Å². The number of hydrogen-bond donors (Lipinski definition) is 1. The third kappa shape index (κ3) is 5.89. The number of amides is 1. The predicted molar refractivity (Wildman–Crippen MR) is 73.1 cm³/mol. The molecule has 1 aromatic carbocycles. The number of benzene rings is 1. The topological polar surface area (TPSA) is 41.6 Å². The summed E-state index contributed by atoms with van der Waals surface area (Å²) in [6, 6.07) is 7.66. The van der Waals surface area contributed by atoms with Crippen molar-refractivity contribution in [3.63, 3.8) is 0 Å². The number of carbonyl (C=O) groups is 1. The third-order valence-electron chi connectivity index (χ3n) is 2.34. The molecule has 1 N–H and O–H groups in total. The van der Waals surface area contributed by atoms with Crippen molar-refractivity contribution in [2.75, 3.05) is 33.1 Å². The van der Waals surface area contributed by atoms with Gasteiger partial charge in [0.15, 0.2) is 0 Å². The van der Waals surface area contributed by atoms with E-state index >= 15 is 0 Å². The molecule has 0 aliphatic carbocycles. The molecular weight excluding hydrogens is 252 g/mol. The number of nitrogens with zero attached hydrogens (tertiary/aromatic N) is 1. The first-order valence-corrected chi connectivity index (χ1v) is 6.34. The molecule has 0 aliphatic rings. The van der Waals surface area contributed by atoms with Gasteiger partial charge in [-0.05, 0) is 31.8 Å². The molecule has 5 heteroatoms. The third-order valence-corrected chi connectivity index (χ3v) is 2.58. The summed E-state index contributed by atoms with van der Waals surface area (Å²) >= 11 is 5.39. The van der Waals surface area contributed by atoms with E-state index in [2.05, 4.69) is 10.2 Å². The molecule has 18 heavy (non-hydrogen) atoms. The number of hydrogen-bond acceptors (Lipinski definition) is 3. The number of alkyl halides is 1. The van der Waals surface area contributed by atoms with E-state index < -0.39 is 0 Å². The van der Waals surface area contributed by atoms with Crippen molar-refractivity contribution in [2.45, 2.75) is 6.54 Å². The van der Waals surface area contributed by atoms with Crippen molar-refractivity contribution in [3.05, 3.63) is 29.8 Å². The van der Waals surface area contributed by atoms with E-state index in [-0.39, 0.29) is 11.8 Å². The first kappa shape index (κ1) is 14.8. The average Bonchev–Trinajstić information content (AvgIpc) is 2.37. The average molecular weight is 271 g/mol. The molecular formula is C13H19ClN2O2. The largest absolute Gasteiger partial charge is 0.492 e. The Morgan fingerprint density at radius 3 is 2.56 bits per heavy atom. The van der Waals surface area contributed by atoms with E-state index in [1.165, 1.54) is 0 Å². The maximum absolute atomic E-state index is 11.0. The summed E-state index contributed by atoms with van der Waals surface area (Å²) in [6.07, 6.45) is 0. The zero-order valence-corrected chi connectivity index (χ0v) is 11.5. The van der Waals surface area contributed by atoms with Crippen LogP contribution >= 0.6 is 11.6 Å². The number of ether oxygens (including phenoxy) is 1. The van der Waals surface area contributed by atoms with Gasteiger partial charge in [0, 0.05) is 13.1 Å². The standard InChI is InChI=1S/C13H19ClN2O2/c1-16(2)7-8-18-12-5-3-11(4-6-12)10-15-13(17)9-14/h3-6H,7-10H2,1-2H3,(H,15,17). The molecule has 0 aromatic heterocycles. The second-order valence-electron chi connectivity index (χ2n) is 4.21. The summed E-state index contributed by atoms with van der Waals surface area (Å²) in [5.74, 6) is 0.665. The molecule has 0 spiro atoms. The summed E-state index contributed by atoms with van der Waals surface area (Å²) in [4.78, 5) is 13.1. The van der Waals surface area contributed by atoms with Crippen LogP contribution < -0.4 is 10.1 Å². The van der Waals surface area contributed by atoms with Crippen LogP contribution in [0.5, 0.6) is 5.75 Å². The molecule has 0 bridgehead atoms. The van der Waals surface area contributed by atoms with Crippen LogP contribution in [0.4, 0.5) is 0 Å². The van der Waals surface area contributed by atoms with Gasteiger partial charge >= 0.3 is 0 Å². The van der Waals surface area contributed by atoms with Crippen molar-refractivity contribution in [1.29, 1.82) is 0 Å². The highest BCUT2D eigenvalue weighted by atomic mass is 35.5. The highest BCUT2D eigenvalue weighted by Gasteiger charge is 1.99. The molecule has 0 fully saturated rings. The maximum Gasteiger partial charge on any atom is 0.235 e. The van der Waals surface area contributed by atoms with Crippen molar-refractivity contribution in [3.8, 4) is 5.75 Å². The summed E-state index contributed by atoms with van der Waals surface area (Å²) in [5.41, 5.74) is 1.02. The van der Waals surface area contributed by atoms with E-state index in [0.29, 0.717) is 13.2 Å². The first-order valence-electron chi connectivity index (χ1n) is 5.81. The number of halogens is 1. The normalized spacial score (nSPS) is 10.4. The van der Waals surface area contributed by atoms with Gasteiger partial charge in [-0.25, -0.2) is 0 Å². The second-order valence-corrected chi connectivity index (χ2v) is 4.47. The smallest absolute Gasteiger partial charge is 0.235 e. The molecule has 1 aromatic rings. The van der Waals surface area contributed by atoms with Crippen LogP contribution in [-0.4, -0.2) is 43.9 Å². The van der Waals surface area contributed by atoms with Crippen LogP contribution in [0.15, 0.2) is 24.3 Å². The Balaban J connectivity index is 2.35. The lowest BCUT2D eigenvalue weighted by Gasteiger charge is -2.11. The molecule has 0 radical (unpaired) electrons. The van der Waals surface area contributed by atoms with Crippen LogP contribution in [0.25, 0.3) is 0 Å². The maximum atomic E-state index is 11.0. The zero-order chi connectivity index (χ0) is 13.4. The van der Waals surface area contributed by atoms with Gasteiger partial charge in [0.2, 0.25) is 5.91 Å². The van der Waals surface area contributed by atoms with E-state index in [4.69, 9.17) is 16.3 Å². The fraction of sp³-hybridized carbons (Fsp3) is 0.462. The van der Waals surface area contributed by atoms with E-state index in [9.17, 15) is 4.79 Å². The van der Waals surface area contributed by atoms with Crippen LogP contribution in [0.1, 0.15) is 5.56 Å². The minimum Gasteiger partial charge on any atom is -0.492 e. The summed E-state index contributed by atoms with van der Waals surface area (Å²) < 4.78 is 5.57. The molecule has 0 saturated heterocycles. The quantitative estimate of drug-likeness (QED) is 0.763.